The van der Waals surface area contributed by atoms with Crippen molar-refractivity contribution in [3.05, 3.63) is 0 Å². The summed E-state index contributed by atoms with van der Waals surface area (Å²) in [6.45, 7) is 9.37. The Morgan fingerprint density at radius 2 is 2.27 bits per heavy atom. The summed E-state index contributed by atoms with van der Waals surface area (Å²) in [5.74, 6) is 0.483. The predicted molar refractivity (Wildman–Crippen MR) is 60.7 cm³/mol. The van der Waals surface area contributed by atoms with Crippen molar-refractivity contribution >= 4 is 5.97 Å². The first-order valence-electron chi connectivity index (χ1n) is 6.03. The van der Waals surface area contributed by atoms with Crippen LogP contribution < -0.4 is 0 Å². The summed E-state index contributed by atoms with van der Waals surface area (Å²) in [4.78, 5) is 13.9. The Kier molecular flexibility index (Phi) is 5.09. The first kappa shape index (κ1) is 12.5. The molecule has 0 aromatic rings. The summed E-state index contributed by atoms with van der Waals surface area (Å²) in [5.41, 5.74) is 0. The summed E-state index contributed by atoms with van der Waals surface area (Å²) in [7, 11) is 0. The molecule has 0 aromatic carbocycles. The van der Waals surface area contributed by atoms with Crippen molar-refractivity contribution in [1.82, 2.24) is 4.90 Å². The molecule has 3 nitrogen and oxygen atoms in total. The van der Waals surface area contributed by atoms with Crippen LogP contribution in [-0.2, 0) is 9.53 Å². The number of ether oxygens (including phenoxy) is 1. The Morgan fingerprint density at radius 1 is 1.53 bits per heavy atom. The van der Waals surface area contributed by atoms with Crippen molar-refractivity contribution in [2.24, 2.45) is 5.92 Å². The highest BCUT2D eigenvalue weighted by molar-refractivity contribution is 5.69. The molecule has 1 rings (SSSR count). The maximum Gasteiger partial charge on any atom is 0.306 e. The van der Waals surface area contributed by atoms with Crippen LogP contribution >= 0.6 is 0 Å². The van der Waals surface area contributed by atoms with Gasteiger partial charge < -0.3 is 9.64 Å². The van der Waals surface area contributed by atoms with Crippen LogP contribution in [0.25, 0.3) is 0 Å². The maximum absolute atomic E-state index is 11.4. The topological polar surface area (TPSA) is 29.5 Å². The molecule has 0 amide bonds. The minimum Gasteiger partial charge on any atom is -0.463 e. The smallest absolute Gasteiger partial charge is 0.306 e. The minimum absolute atomic E-state index is 0.0191. The van der Waals surface area contributed by atoms with Gasteiger partial charge in [0.25, 0.3) is 0 Å². The molecule has 15 heavy (non-hydrogen) atoms. The van der Waals surface area contributed by atoms with Crippen LogP contribution in [0.2, 0.25) is 0 Å². The molecule has 1 fully saturated rings. The SMILES string of the molecule is CCCN1CCC(CC(=O)OC(C)C)C1. The Bertz CT molecular complexity index is 204. The lowest BCUT2D eigenvalue weighted by Gasteiger charge is -2.14. The molecule has 3 heteroatoms. The van der Waals surface area contributed by atoms with Crippen LogP contribution in [0.4, 0.5) is 0 Å². The van der Waals surface area contributed by atoms with E-state index in [9.17, 15) is 4.79 Å². The van der Waals surface area contributed by atoms with Gasteiger partial charge >= 0.3 is 5.97 Å². The van der Waals surface area contributed by atoms with Gasteiger partial charge in [-0.05, 0) is 45.7 Å². The highest BCUT2D eigenvalue weighted by atomic mass is 16.5. The molecule has 1 unspecified atom stereocenters. The number of hydrogen-bond donors (Lipinski definition) is 0. The number of likely N-dealkylation sites (tertiary alicyclic amines) is 1. The second kappa shape index (κ2) is 6.11. The summed E-state index contributed by atoms with van der Waals surface area (Å²) in [6.07, 6.45) is 2.96. The van der Waals surface area contributed by atoms with E-state index in [0.29, 0.717) is 12.3 Å². The molecule has 0 spiro atoms. The molecule has 1 atom stereocenters. The lowest BCUT2D eigenvalue weighted by atomic mass is 10.1. The van der Waals surface area contributed by atoms with Gasteiger partial charge in [-0.1, -0.05) is 6.92 Å². The van der Waals surface area contributed by atoms with E-state index in [1.807, 2.05) is 13.8 Å². The van der Waals surface area contributed by atoms with Gasteiger partial charge in [0.1, 0.15) is 0 Å². The van der Waals surface area contributed by atoms with Gasteiger partial charge in [0.15, 0.2) is 0 Å². The highest BCUT2D eigenvalue weighted by Crippen LogP contribution is 2.20. The first-order chi connectivity index (χ1) is 7.11. The molecule has 0 aliphatic carbocycles. The molecule has 1 aliphatic heterocycles. The molecule has 88 valence electrons. The zero-order valence-electron chi connectivity index (χ0n) is 10.2. The third-order valence-corrected chi connectivity index (χ3v) is 2.73. The van der Waals surface area contributed by atoms with E-state index in [0.717, 1.165) is 26.1 Å². The minimum atomic E-state index is -0.0339. The number of carbonyl (C=O) groups excluding carboxylic acids is 1. The molecule has 0 saturated carbocycles. The quantitative estimate of drug-likeness (QED) is 0.655. The number of hydrogen-bond acceptors (Lipinski definition) is 3. The van der Waals surface area contributed by atoms with Gasteiger partial charge in [-0.25, -0.2) is 0 Å². The first-order valence-corrected chi connectivity index (χ1v) is 6.03. The zero-order valence-corrected chi connectivity index (χ0v) is 10.2. The Hall–Kier alpha value is -0.570. The van der Waals surface area contributed by atoms with Gasteiger partial charge in [-0.15, -0.1) is 0 Å². The summed E-state index contributed by atoms with van der Waals surface area (Å²) in [5, 5.41) is 0. The third kappa shape index (κ3) is 4.65. The lowest BCUT2D eigenvalue weighted by Crippen LogP contribution is -2.22. The van der Waals surface area contributed by atoms with Gasteiger partial charge in [0.2, 0.25) is 0 Å². The van der Waals surface area contributed by atoms with Gasteiger partial charge in [-0.2, -0.15) is 0 Å². The van der Waals surface area contributed by atoms with Crippen molar-refractivity contribution in [1.29, 1.82) is 0 Å². The van der Waals surface area contributed by atoms with E-state index < -0.39 is 0 Å². The Morgan fingerprint density at radius 3 is 2.87 bits per heavy atom. The van der Waals surface area contributed by atoms with E-state index in [2.05, 4.69) is 11.8 Å². The van der Waals surface area contributed by atoms with Gasteiger partial charge in [-0.3, -0.25) is 4.79 Å². The average Bonchev–Trinajstić information content (AvgIpc) is 2.51. The van der Waals surface area contributed by atoms with E-state index in [-0.39, 0.29) is 12.1 Å². The van der Waals surface area contributed by atoms with Crippen molar-refractivity contribution < 1.29 is 9.53 Å². The largest absolute Gasteiger partial charge is 0.463 e. The molecule has 1 aliphatic rings. The van der Waals surface area contributed by atoms with E-state index in [4.69, 9.17) is 4.74 Å². The predicted octanol–water partition coefficient (Wildman–Crippen LogP) is 2.06. The fraction of sp³-hybridized carbons (Fsp3) is 0.917. The fourth-order valence-corrected chi connectivity index (χ4v) is 2.15. The van der Waals surface area contributed by atoms with Crippen molar-refractivity contribution in [2.75, 3.05) is 19.6 Å². The van der Waals surface area contributed by atoms with Crippen molar-refractivity contribution in [2.45, 2.75) is 46.1 Å². The van der Waals surface area contributed by atoms with E-state index in [1.54, 1.807) is 0 Å². The highest BCUT2D eigenvalue weighted by Gasteiger charge is 2.24. The number of carbonyl (C=O) groups is 1. The molecule has 1 heterocycles. The normalized spacial score (nSPS) is 22.3. The number of esters is 1. The molecular weight excluding hydrogens is 190 g/mol. The fourth-order valence-electron chi connectivity index (χ4n) is 2.15. The maximum atomic E-state index is 11.4. The van der Waals surface area contributed by atoms with Crippen LogP contribution in [0.3, 0.4) is 0 Å². The third-order valence-electron chi connectivity index (χ3n) is 2.73. The molecule has 0 aromatic heterocycles. The van der Waals surface area contributed by atoms with Gasteiger partial charge in [0, 0.05) is 13.0 Å². The zero-order chi connectivity index (χ0) is 11.3. The van der Waals surface area contributed by atoms with Crippen LogP contribution in [0, 0.1) is 5.92 Å². The molecule has 1 saturated heterocycles. The van der Waals surface area contributed by atoms with Crippen LogP contribution in [0.15, 0.2) is 0 Å². The van der Waals surface area contributed by atoms with E-state index in [1.165, 1.54) is 6.42 Å². The molecule has 0 radical (unpaired) electrons. The monoisotopic (exact) mass is 213 g/mol. The Labute approximate surface area is 92.8 Å². The van der Waals surface area contributed by atoms with E-state index >= 15 is 0 Å². The summed E-state index contributed by atoms with van der Waals surface area (Å²) in [6, 6.07) is 0. The Balaban J connectivity index is 2.20. The van der Waals surface area contributed by atoms with Crippen molar-refractivity contribution in [3.8, 4) is 0 Å². The number of rotatable bonds is 5. The van der Waals surface area contributed by atoms with Gasteiger partial charge in [0.05, 0.1) is 6.10 Å². The molecule has 0 bridgehead atoms. The number of nitrogens with zero attached hydrogens (tertiary/aromatic N) is 1. The van der Waals surface area contributed by atoms with Crippen LogP contribution in [0.5, 0.6) is 0 Å². The van der Waals surface area contributed by atoms with Crippen LogP contribution in [0.1, 0.15) is 40.0 Å². The van der Waals surface area contributed by atoms with Crippen molar-refractivity contribution in [3.63, 3.8) is 0 Å². The lowest BCUT2D eigenvalue weighted by molar-refractivity contribution is -0.148. The molecular formula is C12H23NO2. The second-order valence-electron chi connectivity index (χ2n) is 4.70. The summed E-state index contributed by atoms with van der Waals surface area (Å²) < 4.78 is 5.15. The standard InChI is InChI=1S/C12H23NO2/c1-4-6-13-7-5-11(9-13)8-12(14)15-10(2)3/h10-11H,4-9H2,1-3H3. The average molecular weight is 213 g/mol. The molecule has 0 N–H and O–H groups in total. The second-order valence-corrected chi connectivity index (χ2v) is 4.70. The summed E-state index contributed by atoms with van der Waals surface area (Å²) >= 11 is 0. The van der Waals surface area contributed by atoms with Crippen LogP contribution in [-0.4, -0.2) is 36.6 Å².